The maximum absolute atomic E-state index is 5.48. The highest BCUT2D eigenvalue weighted by atomic mass is 16.5. The number of hydrogen-bond acceptors (Lipinski definition) is 2. The first-order valence-corrected chi connectivity index (χ1v) is 8.41. The average molecular weight is 309 g/mol. The van der Waals surface area contributed by atoms with Gasteiger partial charge < -0.3 is 4.74 Å². The number of pyridine rings is 1. The van der Waals surface area contributed by atoms with E-state index < -0.39 is 0 Å². The highest BCUT2D eigenvalue weighted by molar-refractivity contribution is 5.73. The quantitative estimate of drug-likeness (QED) is 0.739. The van der Waals surface area contributed by atoms with Gasteiger partial charge >= 0.3 is 0 Å². The minimum Gasteiger partial charge on any atom is -0.481 e. The number of aryl methyl sites for hydroxylation is 1. The first-order chi connectivity index (χ1) is 10.8. The summed E-state index contributed by atoms with van der Waals surface area (Å²) in [6.07, 6.45) is 4.24. The van der Waals surface area contributed by atoms with Crippen molar-refractivity contribution in [3.8, 4) is 17.0 Å². The monoisotopic (exact) mass is 309 g/mol. The summed E-state index contributed by atoms with van der Waals surface area (Å²) in [5.41, 5.74) is 7.03. The Morgan fingerprint density at radius 3 is 2.17 bits per heavy atom. The zero-order valence-electron chi connectivity index (χ0n) is 15.2. The van der Waals surface area contributed by atoms with E-state index in [-0.39, 0.29) is 10.8 Å². The molecule has 23 heavy (non-hydrogen) atoms. The fraction of sp³-hybridized carbons (Fsp3) is 0.476. The zero-order chi connectivity index (χ0) is 16.8. The van der Waals surface area contributed by atoms with Crippen LogP contribution in [0.5, 0.6) is 5.88 Å². The summed E-state index contributed by atoms with van der Waals surface area (Å²) in [6.45, 7) is 11.6. The van der Waals surface area contributed by atoms with E-state index in [1.165, 1.54) is 35.1 Å². The Morgan fingerprint density at radius 1 is 0.957 bits per heavy atom. The Kier molecular flexibility index (Phi) is 3.74. The van der Waals surface area contributed by atoms with E-state index in [2.05, 4.69) is 57.8 Å². The summed E-state index contributed by atoms with van der Waals surface area (Å²) in [7, 11) is 1.69. The molecule has 0 amide bonds. The van der Waals surface area contributed by atoms with Crippen molar-refractivity contribution < 1.29 is 4.74 Å². The minimum atomic E-state index is 0.211. The molecule has 0 atom stereocenters. The average Bonchev–Trinajstić information content (AvgIpc) is 2.51. The van der Waals surface area contributed by atoms with Crippen LogP contribution in [0.1, 0.15) is 57.2 Å². The molecule has 0 spiro atoms. The highest BCUT2D eigenvalue weighted by Crippen LogP contribution is 2.48. The standard InChI is InChI=1S/C21H27NO/c1-14-12-17-18(21(4,5)10-9-20(17,2)3)13-16(14)15-8-7-11-22-19(15)23-6/h7-8,11-13H,9-10H2,1-6H3. The number of fused-ring (bicyclic) bond motifs is 1. The van der Waals surface area contributed by atoms with Gasteiger partial charge in [0.15, 0.2) is 0 Å². The van der Waals surface area contributed by atoms with Crippen LogP contribution in [0.3, 0.4) is 0 Å². The lowest BCUT2D eigenvalue weighted by Crippen LogP contribution is -2.34. The van der Waals surface area contributed by atoms with Crippen LogP contribution < -0.4 is 4.74 Å². The van der Waals surface area contributed by atoms with Crippen LogP contribution in [-0.4, -0.2) is 12.1 Å². The van der Waals surface area contributed by atoms with Crippen molar-refractivity contribution in [2.24, 2.45) is 0 Å². The lowest BCUT2D eigenvalue weighted by Gasteiger charge is -2.42. The molecule has 0 N–H and O–H groups in total. The largest absolute Gasteiger partial charge is 0.481 e. The molecule has 1 aromatic carbocycles. The molecule has 122 valence electrons. The number of ether oxygens (including phenoxy) is 1. The fourth-order valence-electron chi connectivity index (χ4n) is 3.77. The van der Waals surface area contributed by atoms with Gasteiger partial charge in [0.2, 0.25) is 5.88 Å². The predicted octanol–water partition coefficient (Wildman–Crippen LogP) is 5.41. The molecule has 2 aromatic rings. The molecule has 1 heterocycles. The SMILES string of the molecule is COc1ncccc1-c1cc2c(cc1C)C(C)(C)CCC2(C)C. The molecule has 1 aromatic heterocycles. The summed E-state index contributed by atoms with van der Waals surface area (Å²) < 4.78 is 5.48. The maximum atomic E-state index is 5.48. The molecule has 0 saturated heterocycles. The molecule has 2 heteroatoms. The van der Waals surface area contributed by atoms with E-state index in [9.17, 15) is 0 Å². The highest BCUT2D eigenvalue weighted by Gasteiger charge is 2.37. The molecule has 0 saturated carbocycles. The number of benzene rings is 1. The van der Waals surface area contributed by atoms with E-state index in [0.717, 1.165) is 5.56 Å². The van der Waals surface area contributed by atoms with Crippen LogP contribution in [0, 0.1) is 6.92 Å². The zero-order valence-corrected chi connectivity index (χ0v) is 15.2. The molecule has 0 unspecified atom stereocenters. The molecule has 1 aliphatic carbocycles. The molecule has 0 radical (unpaired) electrons. The first-order valence-electron chi connectivity index (χ1n) is 8.41. The van der Waals surface area contributed by atoms with Crippen molar-refractivity contribution in [2.75, 3.05) is 7.11 Å². The van der Waals surface area contributed by atoms with Gasteiger partial charge in [-0.15, -0.1) is 0 Å². The molecule has 0 fully saturated rings. The topological polar surface area (TPSA) is 22.1 Å². The second kappa shape index (κ2) is 5.36. The van der Waals surface area contributed by atoms with E-state index in [1.807, 2.05) is 6.07 Å². The molecular weight excluding hydrogens is 282 g/mol. The Labute approximate surface area is 139 Å². The van der Waals surface area contributed by atoms with Gasteiger partial charge in [-0.1, -0.05) is 33.8 Å². The Bertz CT molecular complexity index is 744. The van der Waals surface area contributed by atoms with Gasteiger partial charge in [-0.25, -0.2) is 4.98 Å². The van der Waals surface area contributed by atoms with Gasteiger partial charge in [0.05, 0.1) is 7.11 Å². The van der Waals surface area contributed by atoms with Crippen LogP contribution >= 0.6 is 0 Å². The van der Waals surface area contributed by atoms with Crippen LogP contribution in [0.2, 0.25) is 0 Å². The Balaban J connectivity index is 2.26. The predicted molar refractivity (Wildman–Crippen MR) is 96.2 cm³/mol. The summed E-state index contributed by atoms with van der Waals surface area (Å²) >= 11 is 0. The van der Waals surface area contributed by atoms with Crippen LogP contribution in [0.4, 0.5) is 0 Å². The van der Waals surface area contributed by atoms with Crippen molar-refractivity contribution in [3.05, 3.63) is 47.2 Å². The van der Waals surface area contributed by atoms with Crippen LogP contribution in [-0.2, 0) is 10.8 Å². The second-order valence-electron chi connectivity index (χ2n) is 8.04. The summed E-state index contributed by atoms with van der Waals surface area (Å²) in [5, 5.41) is 0. The molecule has 0 aliphatic heterocycles. The molecule has 0 bridgehead atoms. The van der Waals surface area contributed by atoms with E-state index >= 15 is 0 Å². The normalized spacial score (nSPS) is 18.3. The molecule has 3 rings (SSSR count). The Hall–Kier alpha value is -1.83. The fourth-order valence-corrected chi connectivity index (χ4v) is 3.77. The van der Waals surface area contributed by atoms with Gasteiger partial charge in [0.25, 0.3) is 0 Å². The van der Waals surface area contributed by atoms with Crippen molar-refractivity contribution >= 4 is 0 Å². The van der Waals surface area contributed by atoms with Crippen molar-refractivity contribution in [3.63, 3.8) is 0 Å². The van der Waals surface area contributed by atoms with E-state index in [1.54, 1.807) is 13.3 Å². The van der Waals surface area contributed by atoms with E-state index in [0.29, 0.717) is 5.88 Å². The summed E-state index contributed by atoms with van der Waals surface area (Å²) in [6, 6.07) is 8.84. The number of aromatic nitrogens is 1. The van der Waals surface area contributed by atoms with Gasteiger partial charge in [-0.2, -0.15) is 0 Å². The summed E-state index contributed by atoms with van der Waals surface area (Å²) in [5.74, 6) is 0.698. The van der Waals surface area contributed by atoms with Gasteiger partial charge in [0, 0.05) is 11.8 Å². The summed E-state index contributed by atoms with van der Waals surface area (Å²) in [4.78, 5) is 4.37. The number of nitrogens with zero attached hydrogens (tertiary/aromatic N) is 1. The third kappa shape index (κ3) is 2.65. The third-order valence-electron chi connectivity index (χ3n) is 5.45. The lowest BCUT2D eigenvalue weighted by molar-refractivity contribution is 0.332. The van der Waals surface area contributed by atoms with Crippen LogP contribution in [0.15, 0.2) is 30.5 Å². The molecule has 1 aliphatic rings. The number of methoxy groups -OCH3 is 1. The van der Waals surface area contributed by atoms with Gasteiger partial charge in [0.1, 0.15) is 0 Å². The molecular formula is C21H27NO. The number of rotatable bonds is 2. The first kappa shape index (κ1) is 16.0. The minimum absolute atomic E-state index is 0.211. The van der Waals surface area contributed by atoms with E-state index in [4.69, 9.17) is 4.74 Å². The van der Waals surface area contributed by atoms with Gasteiger partial charge in [-0.05, 0) is 71.0 Å². The smallest absolute Gasteiger partial charge is 0.221 e. The Morgan fingerprint density at radius 2 is 1.57 bits per heavy atom. The maximum Gasteiger partial charge on any atom is 0.221 e. The second-order valence-corrected chi connectivity index (χ2v) is 8.04. The van der Waals surface area contributed by atoms with Gasteiger partial charge in [-0.3, -0.25) is 0 Å². The van der Waals surface area contributed by atoms with Crippen molar-refractivity contribution in [2.45, 2.75) is 58.3 Å². The molecule has 2 nitrogen and oxygen atoms in total. The van der Waals surface area contributed by atoms with Crippen molar-refractivity contribution in [1.82, 2.24) is 4.98 Å². The lowest BCUT2D eigenvalue weighted by atomic mass is 9.62. The third-order valence-corrected chi connectivity index (χ3v) is 5.45. The van der Waals surface area contributed by atoms with Crippen molar-refractivity contribution in [1.29, 1.82) is 0 Å². The number of hydrogen-bond donors (Lipinski definition) is 0. The van der Waals surface area contributed by atoms with Crippen LogP contribution in [0.25, 0.3) is 11.1 Å².